The topological polar surface area (TPSA) is 55.6 Å². The Bertz CT molecular complexity index is 450. The van der Waals surface area contributed by atoms with Crippen molar-refractivity contribution in [2.24, 2.45) is 5.73 Å². The summed E-state index contributed by atoms with van der Waals surface area (Å²) >= 11 is 0. The number of aryl methyl sites for hydroxylation is 1. The first-order valence-corrected chi connectivity index (χ1v) is 7.74. The zero-order chi connectivity index (χ0) is 15.2. The third kappa shape index (κ3) is 4.46. The van der Waals surface area contributed by atoms with Gasteiger partial charge in [-0.3, -0.25) is 4.79 Å². The third-order valence-corrected chi connectivity index (χ3v) is 4.47. The normalized spacial score (nSPS) is 21.9. The molecule has 1 fully saturated rings. The van der Waals surface area contributed by atoms with Crippen LogP contribution < -0.4 is 10.5 Å². The Morgan fingerprint density at radius 2 is 1.86 bits per heavy atom. The van der Waals surface area contributed by atoms with Gasteiger partial charge in [0.1, 0.15) is 5.75 Å². The molecule has 4 heteroatoms. The van der Waals surface area contributed by atoms with Crippen molar-refractivity contribution in [3.8, 4) is 5.75 Å². The van der Waals surface area contributed by atoms with Gasteiger partial charge in [-0.1, -0.05) is 12.1 Å². The fourth-order valence-electron chi connectivity index (χ4n) is 2.91. The van der Waals surface area contributed by atoms with Crippen LogP contribution in [0.1, 0.15) is 37.7 Å². The first-order chi connectivity index (χ1) is 10.1. The Hall–Kier alpha value is -1.55. The molecule has 0 aliphatic heterocycles. The molecule has 0 radical (unpaired) electrons. The minimum atomic E-state index is 0.228. The number of carbonyl (C=O) groups is 1. The fraction of sp³-hybridized carbons (Fsp3) is 0.588. The molecule has 0 saturated heterocycles. The van der Waals surface area contributed by atoms with Crippen molar-refractivity contribution in [1.29, 1.82) is 0 Å². The average Bonchev–Trinajstić information content (AvgIpc) is 2.53. The van der Waals surface area contributed by atoms with Gasteiger partial charge in [0.2, 0.25) is 5.91 Å². The molecule has 2 N–H and O–H groups in total. The van der Waals surface area contributed by atoms with Crippen molar-refractivity contribution in [1.82, 2.24) is 4.90 Å². The maximum absolute atomic E-state index is 12.3. The molecule has 1 amide bonds. The number of hydrogen-bond acceptors (Lipinski definition) is 3. The Morgan fingerprint density at radius 1 is 1.24 bits per heavy atom. The minimum Gasteiger partial charge on any atom is -0.497 e. The molecule has 21 heavy (non-hydrogen) atoms. The van der Waals surface area contributed by atoms with Crippen molar-refractivity contribution in [3.05, 3.63) is 29.8 Å². The molecule has 1 saturated carbocycles. The molecular weight excluding hydrogens is 264 g/mol. The van der Waals surface area contributed by atoms with E-state index in [4.69, 9.17) is 10.5 Å². The van der Waals surface area contributed by atoms with Crippen LogP contribution in [-0.4, -0.2) is 37.0 Å². The second-order valence-electron chi connectivity index (χ2n) is 5.92. The van der Waals surface area contributed by atoms with E-state index in [-0.39, 0.29) is 5.91 Å². The van der Waals surface area contributed by atoms with E-state index >= 15 is 0 Å². The lowest BCUT2D eigenvalue weighted by molar-refractivity contribution is -0.132. The van der Waals surface area contributed by atoms with Gasteiger partial charge in [0.05, 0.1) is 7.11 Å². The van der Waals surface area contributed by atoms with Crippen LogP contribution in [0, 0.1) is 0 Å². The lowest BCUT2D eigenvalue weighted by Crippen LogP contribution is -2.41. The maximum Gasteiger partial charge on any atom is 0.222 e. The smallest absolute Gasteiger partial charge is 0.222 e. The third-order valence-electron chi connectivity index (χ3n) is 4.47. The van der Waals surface area contributed by atoms with Gasteiger partial charge in [-0.15, -0.1) is 0 Å². The Balaban J connectivity index is 1.80. The SMILES string of the molecule is COc1ccc(CCC(=O)N(C)C2CCC(N)CC2)cc1. The molecule has 0 spiro atoms. The first kappa shape index (κ1) is 15.8. The number of carbonyl (C=O) groups excluding carboxylic acids is 1. The number of hydrogen-bond donors (Lipinski definition) is 1. The summed E-state index contributed by atoms with van der Waals surface area (Å²) in [6, 6.07) is 8.60. The monoisotopic (exact) mass is 290 g/mol. The summed E-state index contributed by atoms with van der Waals surface area (Å²) in [6.45, 7) is 0. The number of nitrogens with zero attached hydrogens (tertiary/aromatic N) is 1. The Morgan fingerprint density at radius 3 is 2.43 bits per heavy atom. The van der Waals surface area contributed by atoms with Gasteiger partial charge in [0, 0.05) is 25.6 Å². The van der Waals surface area contributed by atoms with E-state index in [1.165, 1.54) is 5.56 Å². The van der Waals surface area contributed by atoms with Crippen LogP contribution in [0.3, 0.4) is 0 Å². The van der Waals surface area contributed by atoms with Gasteiger partial charge >= 0.3 is 0 Å². The number of nitrogens with two attached hydrogens (primary N) is 1. The van der Waals surface area contributed by atoms with Crippen molar-refractivity contribution in [3.63, 3.8) is 0 Å². The Kier molecular flexibility index (Phi) is 5.62. The van der Waals surface area contributed by atoms with Crippen molar-refractivity contribution in [2.75, 3.05) is 14.2 Å². The number of amides is 1. The largest absolute Gasteiger partial charge is 0.497 e. The molecule has 1 aromatic rings. The van der Waals surface area contributed by atoms with Crippen LogP contribution in [0.25, 0.3) is 0 Å². The van der Waals surface area contributed by atoms with Crippen molar-refractivity contribution < 1.29 is 9.53 Å². The van der Waals surface area contributed by atoms with Crippen LogP contribution in [0.15, 0.2) is 24.3 Å². The summed E-state index contributed by atoms with van der Waals surface area (Å²) in [4.78, 5) is 14.2. The number of benzene rings is 1. The van der Waals surface area contributed by atoms with E-state index in [1.807, 2.05) is 36.2 Å². The number of rotatable bonds is 5. The summed E-state index contributed by atoms with van der Waals surface area (Å²) < 4.78 is 5.14. The summed E-state index contributed by atoms with van der Waals surface area (Å²) in [5.41, 5.74) is 7.09. The Labute approximate surface area is 127 Å². The summed E-state index contributed by atoms with van der Waals surface area (Å²) in [5.74, 6) is 1.08. The highest BCUT2D eigenvalue weighted by Gasteiger charge is 2.24. The predicted octanol–water partition coefficient (Wildman–Crippen LogP) is 2.36. The lowest BCUT2D eigenvalue weighted by atomic mass is 9.91. The molecule has 4 nitrogen and oxygen atoms in total. The molecular formula is C17H26N2O2. The van der Waals surface area contributed by atoms with Gasteiger partial charge in [0.25, 0.3) is 0 Å². The van der Waals surface area contributed by atoms with Gasteiger partial charge in [-0.2, -0.15) is 0 Å². The molecule has 0 unspecified atom stereocenters. The standard InChI is InChI=1S/C17H26N2O2/c1-19(15-8-6-14(18)7-9-15)17(20)12-5-13-3-10-16(21-2)11-4-13/h3-4,10-11,14-15H,5-9,12,18H2,1-2H3. The summed E-state index contributed by atoms with van der Waals surface area (Å²) in [7, 11) is 3.58. The van der Waals surface area contributed by atoms with E-state index in [1.54, 1.807) is 7.11 Å². The highest BCUT2D eigenvalue weighted by atomic mass is 16.5. The molecule has 0 heterocycles. The number of ether oxygens (including phenoxy) is 1. The first-order valence-electron chi connectivity index (χ1n) is 7.74. The molecule has 2 rings (SSSR count). The summed E-state index contributed by atoms with van der Waals surface area (Å²) in [6.07, 6.45) is 5.46. The highest BCUT2D eigenvalue weighted by molar-refractivity contribution is 5.76. The van der Waals surface area contributed by atoms with Gasteiger partial charge in [-0.05, 0) is 49.8 Å². The van der Waals surface area contributed by atoms with Gasteiger partial charge in [0.15, 0.2) is 0 Å². The highest BCUT2D eigenvalue weighted by Crippen LogP contribution is 2.22. The minimum absolute atomic E-state index is 0.228. The quantitative estimate of drug-likeness (QED) is 0.905. The maximum atomic E-state index is 12.3. The van der Waals surface area contributed by atoms with Crippen LogP contribution in [0.5, 0.6) is 5.75 Å². The molecule has 1 aromatic carbocycles. The van der Waals surface area contributed by atoms with E-state index in [0.29, 0.717) is 18.5 Å². The van der Waals surface area contributed by atoms with Crippen molar-refractivity contribution in [2.45, 2.75) is 50.6 Å². The van der Waals surface area contributed by atoms with E-state index < -0.39 is 0 Å². The second-order valence-corrected chi connectivity index (χ2v) is 5.92. The average molecular weight is 290 g/mol. The molecule has 0 bridgehead atoms. The fourth-order valence-corrected chi connectivity index (χ4v) is 2.91. The summed E-state index contributed by atoms with van der Waals surface area (Å²) in [5, 5.41) is 0. The van der Waals surface area contributed by atoms with Crippen molar-refractivity contribution >= 4 is 5.91 Å². The molecule has 0 aromatic heterocycles. The van der Waals surface area contributed by atoms with Crippen LogP contribution in [-0.2, 0) is 11.2 Å². The van der Waals surface area contributed by atoms with Gasteiger partial charge < -0.3 is 15.4 Å². The zero-order valence-electron chi connectivity index (χ0n) is 13.0. The zero-order valence-corrected chi connectivity index (χ0v) is 13.0. The molecule has 1 aliphatic carbocycles. The molecule has 116 valence electrons. The van der Waals surface area contributed by atoms with E-state index in [0.717, 1.165) is 37.9 Å². The lowest BCUT2D eigenvalue weighted by Gasteiger charge is -2.33. The van der Waals surface area contributed by atoms with Crippen LogP contribution >= 0.6 is 0 Å². The van der Waals surface area contributed by atoms with Crippen LogP contribution in [0.4, 0.5) is 0 Å². The van der Waals surface area contributed by atoms with Gasteiger partial charge in [-0.25, -0.2) is 0 Å². The van der Waals surface area contributed by atoms with E-state index in [2.05, 4.69) is 0 Å². The predicted molar refractivity (Wildman–Crippen MR) is 84.3 cm³/mol. The molecule has 1 aliphatic rings. The van der Waals surface area contributed by atoms with Crippen LogP contribution in [0.2, 0.25) is 0 Å². The number of methoxy groups -OCH3 is 1. The second kappa shape index (κ2) is 7.46. The van der Waals surface area contributed by atoms with E-state index in [9.17, 15) is 4.79 Å². The molecule has 0 atom stereocenters.